The average molecular weight is 326 g/mol. The number of fused-ring (bicyclic) bond motifs is 2. The summed E-state index contributed by atoms with van der Waals surface area (Å²) in [4.78, 5) is 17.9. The third kappa shape index (κ3) is 2.37. The van der Waals surface area contributed by atoms with Gasteiger partial charge >= 0.3 is 12.9 Å². The van der Waals surface area contributed by atoms with Gasteiger partial charge in [-0.15, -0.1) is 0 Å². The summed E-state index contributed by atoms with van der Waals surface area (Å²) in [6.45, 7) is 0.125. The Hall–Kier alpha value is -3.46. The van der Waals surface area contributed by atoms with Gasteiger partial charge in [-0.3, -0.25) is 9.59 Å². The van der Waals surface area contributed by atoms with Crippen LogP contribution in [0.5, 0.6) is 0 Å². The summed E-state index contributed by atoms with van der Waals surface area (Å²) in [5, 5.41) is 10.9. The normalized spacial score (nSPS) is 10.7. The molecular formula is C22H14O3. The molecule has 0 fully saturated rings. The molecule has 0 heterocycles. The van der Waals surface area contributed by atoms with E-state index in [4.69, 9.17) is 9.59 Å². The van der Waals surface area contributed by atoms with Crippen molar-refractivity contribution in [2.75, 3.05) is 0 Å². The van der Waals surface area contributed by atoms with E-state index in [1.807, 2.05) is 0 Å². The van der Waals surface area contributed by atoms with Gasteiger partial charge < -0.3 is 4.74 Å². The van der Waals surface area contributed by atoms with E-state index in [-0.39, 0.29) is 12.9 Å². The molecule has 0 aliphatic heterocycles. The lowest BCUT2D eigenvalue weighted by molar-refractivity contribution is -0.141. The van der Waals surface area contributed by atoms with E-state index in [1.54, 1.807) is 0 Å². The predicted octanol–water partition coefficient (Wildman–Crippen LogP) is 5.05. The van der Waals surface area contributed by atoms with Crippen molar-refractivity contribution in [2.24, 2.45) is 0 Å². The van der Waals surface area contributed by atoms with Crippen molar-refractivity contribution in [3.63, 3.8) is 0 Å². The van der Waals surface area contributed by atoms with Crippen LogP contribution in [0, 0.1) is 0 Å². The smallest absolute Gasteiger partial charge is 0.300 e. The highest BCUT2D eigenvalue weighted by Gasteiger charge is 2.11. The van der Waals surface area contributed by atoms with Gasteiger partial charge in [0.1, 0.15) is 0 Å². The Morgan fingerprint density at radius 2 is 0.840 bits per heavy atom. The van der Waals surface area contributed by atoms with Crippen LogP contribution in [0.1, 0.15) is 0 Å². The number of rotatable bonds is 2. The maximum absolute atomic E-state index is 8.95. The fraction of sp³-hybridized carbons (Fsp3) is 0. The van der Waals surface area contributed by atoms with E-state index in [2.05, 4.69) is 77.5 Å². The molecule has 3 heteroatoms. The van der Waals surface area contributed by atoms with Crippen LogP contribution in [0.3, 0.4) is 0 Å². The Morgan fingerprint density at radius 1 is 0.520 bits per heavy atom. The van der Waals surface area contributed by atoms with Gasteiger partial charge in [0.2, 0.25) is 0 Å². The molecule has 0 bridgehead atoms. The average Bonchev–Trinajstić information content (AvgIpc) is 2.67. The molecule has 5 aromatic rings. The van der Waals surface area contributed by atoms with Crippen LogP contribution < -0.4 is 0 Å². The molecule has 120 valence electrons. The first-order valence-electron chi connectivity index (χ1n) is 7.92. The molecular weight excluding hydrogens is 312 g/mol. The molecule has 0 spiro atoms. The third-order valence-corrected chi connectivity index (χ3v) is 4.50. The standard InChI is InChI=1S/C20H12.C2H2O3/c1-5-13-6-2-11-17-18-12-4-8-14-7-3-10-16(20(14)18)15(9-1)19(13)17;3-1-5-2-4/h1-12H;1-2H. The van der Waals surface area contributed by atoms with Crippen LogP contribution in [-0.2, 0) is 14.3 Å². The highest BCUT2D eigenvalue weighted by Crippen LogP contribution is 2.39. The molecule has 0 N–H and O–H groups in total. The van der Waals surface area contributed by atoms with Crippen LogP contribution in [-0.4, -0.2) is 12.9 Å². The molecule has 0 aliphatic carbocycles. The van der Waals surface area contributed by atoms with E-state index in [9.17, 15) is 0 Å². The zero-order chi connectivity index (χ0) is 17.2. The first-order chi connectivity index (χ1) is 12.3. The maximum Gasteiger partial charge on any atom is 0.300 e. The number of hydrogen-bond donors (Lipinski definition) is 0. The monoisotopic (exact) mass is 326 g/mol. The Bertz CT molecular complexity index is 1030. The molecule has 0 aromatic heterocycles. The van der Waals surface area contributed by atoms with Gasteiger partial charge in [-0.1, -0.05) is 72.8 Å². The van der Waals surface area contributed by atoms with Crippen molar-refractivity contribution >= 4 is 56.0 Å². The van der Waals surface area contributed by atoms with Gasteiger partial charge in [0.15, 0.2) is 0 Å². The summed E-state index contributed by atoms with van der Waals surface area (Å²) in [6.07, 6.45) is 0. The van der Waals surface area contributed by atoms with Crippen LogP contribution >= 0.6 is 0 Å². The number of carbonyl (C=O) groups excluding carboxylic acids is 2. The van der Waals surface area contributed by atoms with Crippen LogP contribution in [0.15, 0.2) is 72.8 Å². The summed E-state index contributed by atoms with van der Waals surface area (Å²) >= 11 is 0. The summed E-state index contributed by atoms with van der Waals surface area (Å²) in [7, 11) is 0. The Labute approximate surface area is 143 Å². The number of benzene rings is 5. The van der Waals surface area contributed by atoms with Gasteiger partial charge in [-0.2, -0.15) is 0 Å². The molecule has 0 aliphatic rings. The summed E-state index contributed by atoms with van der Waals surface area (Å²) in [5.41, 5.74) is 0. The van der Waals surface area contributed by atoms with Crippen molar-refractivity contribution in [3.8, 4) is 0 Å². The largest absolute Gasteiger partial charge is 0.398 e. The number of hydrogen-bond acceptors (Lipinski definition) is 3. The summed E-state index contributed by atoms with van der Waals surface area (Å²) < 4.78 is 3.47. The lowest BCUT2D eigenvalue weighted by Gasteiger charge is -2.13. The Morgan fingerprint density at radius 3 is 1.08 bits per heavy atom. The molecule has 0 radical (unpaired) electrons. The van der Waals surface area contributed by atoms with E-state index in [0.717, 1.165) is 0 Å². The van der Waals surface area contributed by atoms with Gasteiger partial charge in [0.25, 0.3) is 0 Å². The van der Waals surface area contributed by atoms with Gasteiger partial charge in [0, 0.05) is 0 Å². The van der Waals surface area contributed by atoms with Crippen molar-refractivity contribution < 1.29 is 14.3 Å². The highest BCUT2D eigenvalue weighted by atomic mass is 16.6. The number of carbonyl (C=O) groups is 2. The second kappa shape index (κ2) is 6.21. The van der Waals surface area contributed by atoms with Gasteiger partial charge in [0.05, 0.1) is 0 Å². The fourth-order valence-electron chi connectivity index (χ4n) is 3.60. The zero-order valence-corrected chi connectivity index (χ0v) is 13.3. The molecule has 5 rings (SSSR count). The maximum atomic E-state index is 8.95. The molecule has 0 saturated heterocycles. The second-order valence-corrected chi connectivity index (χ2v) is 5.75. The van der Waals surface area contributed by atoms with Crippen LogP contribution in [0.25, 0.3) is 43.1 Å². The van der Waals surface area contributed by atoms with Crippen molar-refractivity contribution in [1.29, 1.82) is 0 Å². The molecule has 3 nitrogen and oxygen atoms in total. The quantitative estimate of drug-likeness (QED) is 0.197. The Balaban J connectivity index is 0.000000280. The molecule has 0 amide bonds. The number of ether oxygens (including phenoxy) is 1. The first-order valence-corrected chi connectivity index (χ1v) is 7.92. The highest BCUT2D eigenvalue weighted by molar-refractivity contribution is 6.32. The first kappa shape index (κ1) is 15.1. The van der Waals surface area contributed by atoms with E-state index in [0.29, 0.717) is 0 Å². The van der Waals surface area contributed by atoms with Crippen molar-refractivity contribution in [2.45, 2.75) is 0 Å². The predicted molar refractivity (Wildman–Crippen MR) is 101 cm³/mol. The SMILES string of the molecule is O=COC=O.c1cc2cccc3c4cccc5cccc(c(c1)c23)c54. The van der Waals surface area contributed by atoms with Crippen LogP contribution in [0.2, 0.25) is 0 Å². The molecule has 0 atom stereocenters. The minimum atomic E-state index is 0.0625. The third-order valence-electron chi connectivity index (χ3n) is 4.50. The topological polar surface area (TPSA) is 43.4 Å². The molecule has 0 unspecified atom stereocenters. The molecule has 5 aromatic carbocycles. The zero-order valence-electron chi connectivity index (χ0n) is 13.3. The van der Waals surface area contributed by atoms with E-state index in [1.165, 1.54) is 43.1 Å². The van der Waals surface area contributed by atoms with E-state index >= 15 is 0 Å². The fourth-order valence-corrected chi connectivity index (χ4v) is 3.60. The van der Waals surface area contributed by atoms with Crippen molar-refractivity contribution in [3.05, 3.63) is 72.8 Å². The second-order valence-electron chi connectivity index (χ2n) is 5.75. The molecule has 0 saturated carbocycles. The lowest BCUT2D eigenvalue weighted by Crippen LogP contribution is -1.85. The van der Waals surface area contributed by atoms with Crippen LogP contribution in [0.4, 0.5) is 0 Å². The molecule has 25 heavy (non-hydrogen) atoms. The summed E-state index contributed by atoms with van der Waals surface area (Å²) in [5.74, 6) is 0. The Kier molecular flexibility index (Phi) is 3.75. The van der Waals surface area contributed by atoms with Gasteiger partial charge in [-0.25, -0.2) is 0 Å². The lowest BCUT2D eigenvalue weighted by atomic mass is 9.90. The minimum Gasteiger partial charge on any atom is -0.398 e. The summed E-state index contributed by atoms with van der Waals surface area (Å²) in [6, 6.07) is 26.4. The minimum absolute atomic E-state index is 0.0625. The van der Waals surface area contributed by atoms with Crippen molar-refractivity contribution in [1.82, 2.24) is 0 Å². The van der Waals surface area contributed by atoms with Gasteiger partial charge in [-0.05, 0) is 43.1 Å². The van der Waals surface area contributed by atoms with E-state index < -0.39 is 0 Å².